The first-order valence-electron chi connectivity index (χ1n) is 7.77. The zero-order valence-electron chi connectivity index (χ0n) is 12.2. The van der Waals surface area contributed by atoms with Gasteiger partial charge in [0, 0.05) is 25.1 Å². The van der Waals surface area contributed by atoms with Crippen molar-refractivity contribution in [1.29, 1.82) is 5.26 Å². The van der Waals surface area contributed by atoms with Crippen LogP contribution in [0.2, 0.25) is 0 Å². The number of aliphatic hydroxyl groups is 1. The van der Waals surface area contributed by atoms with Gasteiger partial charge < -0.3 is 9.84 Å². The minimum Gasteiger partial charge on any atom is -0.393 e. The SMILES string of the molecule is N#Cc1cccc(CN2CCCC2C2COCCC2O)c1. The van der Waals surface area contributed by atoms with Gasteiger partial charge in [0.25, 0.3) is 0 Å². The quantitative estimate of drug-likeness (QED) is 0.922. The number of benzene rings is 1. The molecule has 0 aliphatic carbocycles. The molecule has 0 amide bonds. The van der Waals surface area contributed by atoms with Gasteiger partial charge in [0.15, 0.2) is 0 Å². The molecule has 2 saturated heterocycles. The van der Waals surface area contributed by atoms with Gasteiger partial charge in [0.05, 0.1) is 24.3 Å². The van der Waals surface area contributed by atoms with E-state index in [1.807, 2.05) is 18.2 Å². The first-order chi connectivity index (χ1) is 10.3. The number of aliphatic hydroxyl groups excluding tert-OH is 1. The Morgan fingerprint density at radius 2 is 2.29 bits per heavy atom. The lowest BCUT2D eigenvalue weighted by atomic mass is 9.89. The molecule has 4 heteroatoms. The molecule has 2 heterocycles. The van der Waals surface area contributed by atoms with Crippen LogP contribution >= 0.6 is 0 Å². The number of hydrogen-bond donors (Lipinski definition) is 1. The van der Waals surface area contributed by atoms with E-state index in [0.717, 1.165) is 25.9 Å². The normalized spacial score (nSPS) is 30.2. The van der Waals surface area contributed by atoms with Crippen molar-refractivity contribution in [3.8, 4) is 6.07 Å². The molecule has 0 radical (unpaired) electrons. The lowest BCUT2D eigenvalue weighted by Crippen LogP contribution is -2.45. The average molecular weight is 286 g/mol. The molecule has 4 nitrogen and oxygen atoms in total. The minimum absolute atomic E-state index is 0.223. The van der Waals surface area contributed by atoms with Gasteiger partial charge in [-0.2, -0.15) is 5.26 Å². The van der Waals surface area contributed by atoms with Crippen molar-refractivity contribution in [2.45, 2.75) is 38.0 Å². The summed E-state index contributed by atoms with van der Waals surface area (Å²) in [6.07, 6.45) is 2.81. The van der Waals surface area contributed by atoms with Crippen molar-refractivity contribution in [1.82, 2.24) is 4.90 Å². The number of hydrogen-bond acceptors (Lipinski definition) is 4. The van der Waals surface area contributed by atoms with Crippen LogP contribution < -0.4 is 0 Å². The molecule has 2 aliphatic rings. The third-order valence-corrected chi connectivity index (χ3v) is 4.71. The fraction of sp³-hybridized carbons (Fsp3) is 0.588. The van der Waals surface area contributed by atoms with Gasteiger partial charge in [-0.25, -0.2) is 0 Å². The largest absolute Gasteiger partial charge is 0.393 e. The number of likely N-dealkylation sites (tertiary alicyclic amines) is 1. The third kappa shape index (κ3) is 3.26. The first kappa shape index (κ1) is 14.5. The molecule has 1 aromatic carbocycles. The zero-order valence-corrected chi connectivity index (χ0v) is 12.2. The van der Waals surface area contributed by atoms with Crippen LogP contribution in [0.5, 0.6) is 0 Å². The molecular formula is C17H22N2O2. The monoisotopic (exact) mass is 286 g/mol. The van der Waals surface area contributed by atoms with E-state index in [2.05, 4.69) is 17.0 Å². The predicted molar refractivity (Wildman–Crippen MR) is 79.5 cm³/mol. The van der Waals surface area contributed by atoms with Crippen LogP contribution in [-0.4, -0.2) is 41.9 Å². The summed E-state index contributed by atoms with van der Waals surface area (Å²) in [4.78, 5) is 2.44. The zero-order chi connectivity index (χ0) is 14.7. The van der Waals surface area contributed by atoms with Crippen molar-refractivity contribution < 1.29 is 9.84 Å². The molecule has 0 spiro atoms. The smallest absolute Gasteiger partial charge is 0.0991 e. The molecule has 3 atom stereocenters. The molecule has 3 rings (SSSR count). The summed E-state index contributed by atoms with van der Waals surface area (Å²) >= 11 is 0. The molecule has 2 fully saturated rings. The van der Waals surface area contributed by atoms with Gasteiger partial charge in [-0.3, -0.25) is 4.90 Å². The first-order valence-corrected chi connectivity index (χ1v) is 7.77. The Kier molecular flexibility index (Phi) is 4.54. The molecule has 0 saturated carbocycles. The average Bonchev–Trinajstić information content (AvgIpc) is 2.96. The molecule has 3 unspecified atom stereocenters. The van der Waals surface area contributed by atoms with Gasteiger partial charge in [-0.15, -0.1) is 0 Å². The highest BCUT2D eigenvalue weighted by molar-refractivity contribution is 5.32. The van der Waals surface area contributed by atoms with E-state index in [4.69, 9.17) is 10.00 Å². The number of rotatable bonds is 3. The maximum Gasteiger partial charge on any atom is 0.0991 e. The third-order valence-electron chi connectivity index (χ3n) is 4.71. The van der Waals surface area contributed by atoms with E-state index in [-0.39, 0.29) is 12.0 Å². The second-order valence-corrected chi connectivity index (χ2v) is 6.09. The van der Waals surface area contributed by atoms with Crippen molar-refractivity contribution in [2.75, 3.05) is 19.8 Å². The lowest BCUT2D eigenvalue weighted by molar-refractivity contribution is -0.0636. The molecule has 2 aliphatic heterocycles. The van der Waals surface area contributed by atoms with Gasteiger partial charge in [0.2, 0.25) is 0 Å². The fourth-order valence-corrected chi connectivity index (χ4v) is 3.62. The van der Waals surface area contributed by atoms with Crippen LogP contribution in [0.25, 0.3) is 0 Å². The van der Waals surface area contributed by atoms with Gasteiger partial charge >= 0.3 is 0 Å². The van der Waals surface area contributed by atoms with Crippen molar-refractivity contribution in [3.05, 3.63) is 35.4 Å². The van der Waals surface area contributed by atoms with Gasteiger partial charge in [-0.05, 0) is 43.5 Å². The summed E-state index contributed by atoms with van der Waals surface area (Å²) < 4.78 is 5.57. The predicted octanol–water partition coefficient (Wildman–Crippen LogP) is 1.92. The highest BCUT2D eigenvalue weighted by atomic mass is 16.5. The standard InChI is InChI=1S/C17H22N2O2/c18-10-13-3-1-4-14(9-13)11-19-7-2-5-16(19)15-12-21-8-6-17(15)20/h1,3-4,9,15-17,20H,2,5-8,11-12H2. The van der Waals surface area contributed by atoms with Gasteiger partial charge in [-0.1, -0.05) is 12.1 Å². The summed E-state index contributed by atoms with van der Waals surface area (Å²) in [6, 6.07) is 10.4. The lowest BCUT2D eigenvalue weighted by Gasteiger charge is -2.37. The van der Waals surface area contributed by atoms with E-state index in [1.54, 1.807) is 0 Å². The number of ether oxygens (including phenoxy) is 1. The van der Waals surface area contributed by atoms with Gasteiger partial charge in [0.1, 0.15) is 0 Å². The van der Waals surface area contributed by atoms with Crippen LogP contribution in [0.3, 0.4) is 0 Å². The van der Waals surface area contributed by atoms with Crippen LogP contribution in [0.15, 0.2) is 24.3 Å². The Bertz CT molecular complexity index is 526. The fourth-order valence-electron chi connectivity index (χ4n) is 3.62. The summed E-state index contributed by atoms with van der Waals surface area (Å²) in [6.45, 7) is 3.25. The highest BCUT2D eigenvalue weighted by Gasteiger charge is 2.37. The maximum absolute atomic E-state index is 10.2. The van der Waals surface area contributed by atoms with E-state index in [9.17, 15) is 5.11 Å². The van der Waals surface area contributed by atoms with E-state index >= 15 is 0 Å². The molecule has 1 aromatic rings. The van der Waals surface area contributed by atoms with E-state index in [0.29, 0.717) is 24.8 Å². The summed E-state index contributed by atoms with van der Waals surface area (Å²) in [7, 11) is 0. The van der Waals surface area contributed by atoms with E-state index in [1.165, 1.54) is 12.0 Å². The van der Waals surface area contributed by atoms with Crippen LogP contribution in [0, 0.1) is 17.2 Å². The van der Waals surface area contributed by atoms with Crippen LogP contribution in [0.4, 0.5) is 0 Å². The van der Waals surface area contributed by atoms with Crippen molar-refractivity contribution in [2.24, 2.45) is 5.92 Å². The Balaban J connectivity index is 1.70. The Hall–Kier alpha value is -1.41. The van der Waals surface area contributed by atoms with Crippen molar-refractivity contribution >= 4 is 0 Å². The maximum atomic E-state index is 10.2. The minimum atomic E-state index is -0.241. The Labute approximate surface area is 125 Å². The Morgan fingerprint density at radius 3 is 3.10 bits per heavy atom. The summed E-state index contributed by atoms with van der Waals surface area (Å²) in [5, 5.41) is 19.2. The molecule has 112 valence electrons. The number of nitrogens with zero attached hydrogens (tertiary/aromatic N) is 2. The van der Waals surface area contributed by atoms with E-state index < -0.39 is 0 Å². The van der Waals surface area contributed by atoms with Crippen molar-refractivity contribution in [3.63, 3.8) is 0 Å². The highest BCUT2D eigenvalue weighted by Crippen LogP contribution is 2.31. The second kappa shape index (κ2) is 6.57. The molecular weight excluding hydrogens is 264 g/mol. The van der Waals surface area contributed by atoms with Crippen LogP contribution in [0.1, 0.15) is 30.4 Å². The molecule has 1 N–H and O–H groups in total. The molecule has 0 aromatic heterocycles. The topological polar surface area (TPSA) is 56.5 Å². The molecule has 0 bridgehead atoms. The second-order valence-electron chi connectivity index (χ2n) is 6.09. The summed E-state index contributed by atoms with van der Waals surface area (Å²) in [5.74, 6) is 0.223. The number of nitriles is 1. The Morgan fingerprint density at radius 1 is 1.38 bits per heavy atom. The van der Waals surface area contributed by atoms with Crippen LogP contribution in [-0.2, 0) is 11.3 Å². The summed E-state index contributed by atoms with van der Waals surface area (Å²) in [5.41, 5.74) is 1.89. The molecule has 21 heavy (non-hydrogen) atoms.